The Balaban J connectivity index is 1.29. The lowest BCUT2D eigenvalue weighted by molar-refractivity contribution is -0.138. The summed E-state index contributed by atoms with van der Waals surface area (Å²) in [4.78, 5) is 25.8. The van der Waals surface area contributed by atoms with Gasteiger partial charge in [0, 0.05) is 12.1 Å². The summed E-state index contributed by atoms with van der Waals surface area (Å²) < 4.78 is 6.12. The van der Waals surface area contributed by atoms with E-state index in [2.05, 4.69) is 29.6 Å². The number of rotatable bonds is 5. The summed E-state index contributed by atoms with van der Waals surface area (Å²) in [5.41, 5.74) is 4.99. The summed E-state index contributed by atoms with van der Waals surface area (Å²) >= 11 is 0. The molecule has 6 nitrogen and oxygen atoms in total. The average Bonchev–Trinajstić information content (AvgIpc) is 2.88. The van der Waals surface area contributed by atoms with E-state index in [1.807, 2.05) is 55.5 Å². The zero-order valence-corrected chi connectivity index (χ0v) is 20.5. The van der Waals surface area contributed by atoms with Crippen LogP contribution >= 0.6 is 0 Å². The lowest BCUT2D eigenvalue weighted by atomic mass is 9.77. The first-order valence-corrected chi connectivity index (χ1v) is 12.7. The molecule has 1 saturated carbocycles. The molecule has 3 aromatic rings. The molecule has 5 rings (SSSR count). The number of hydrogen-bond acceptors (Lipinski definition) is 3. The SMILES string of the molecule is C[C@H]1CN(C(=O)Nc2ccccc2)c2ccc(-c3ccc(C4CCC(CC(=O)O)CC4)cc3)cc2O1. The molecule has 2 N–H and O–H groups in total. The molecule has 0 bridgehead atoms. The van der Waals surface area contributed by atoms with Crippen molar-refractivity contribution in [1.82, 2.24) is 0 Å². The van der Waals surface area contributed by atoms with Gasteiger partial charge in [0.05, 0.1) is 12.2 Å². The molecular weight excluding hydrogens is 452 g/mol. The summed E-state index contributed by atoms with van der Waals surface area (Å²) in [6, 6.07) is 24.0. The Bertz CT molecular complexity index is 1220. The smallest absolute Gasteiger partial charge is 0.326 e. The Morgan fingerprint density at radius 2 is 1.64 bits per heavy atom. The van der Waals surface area contributed by atoms with E-state index < -0.39 is 5.97 Å². The van der Waals surface area contributed by atoms with Crippen LogP contribution in [0.1, 0.15) is 50.5 Å². The highest BCUT2D eigenvalue weighted by molar-refractivity contribution is 6.03. The molecule has 186 valence electrons. The first-order valence-electron chi connectivity index (χ1n) is 12.7. The number of para-hydroxylation sites is 1. The van der Waals surface area contributed by atoms with Gasteiger partial charge in [0.25, 0.3) is 0 Å². The number of urea groups is 1. The van der Waals surface area contributed by atoms with E-state index >= 15 is 0 Å². The third-order valence-electron chi connectivity index (χ3n) is 7.31. The Morgan fingerprint density at radius 3 is 2.33 bits per heavy atom. The van der Waals surface area contributed by atoms with Crippen LogP contribution in [0, 0.1) is 5.92 Å². The van der Waals surface area contributed by atoms with Crippen LogP contribution in [0.3, 0.4) is 0 Å². The van der Waals surface area contributed by atoms with E-state index in [4.69, 9.17) is 9.84 Å². The number of fused-ring (bicyclic) bond motifs is 1. The van der Waals surface area contributed by atoms with Crippen LogP contribution in [0.4, 0.5) is 16.2 Å². The van der Waals surface area contributed by atoms with Crippen molar-refractivity contribution in [3.8, 4) is 16.9 Å². The molecule has 1 aliphatic heterocycles. The van der Waals surface area contributed by atoms with E-state index in [9.17, 15) is 9.59 Å². The van der Waals surface area contributed by atoms with Crippen molar-refractivity contribution in [2.24, 2.45) is 5.92 Å². The monoisotopic (exact) mass is 484 g/mol. The highest BCUT2D eigenvalue weighted by Crippen LogP contribution is 2.40. The predicted octanol–water partition coefficient (Wildman–Crippen LogP) is 6.92. The summed E-state index contributed by atoms with van der Waals surface area (Å²) in [7, 11) is 0. The van der Waals surface area contributed by atoms with Crippen molar-refractivity contribution in [2.75, 3.05) is 16.8 Å². The maximum absolute atomic E-state index is 13.0. The highest BCUT2D eigenvalue weighted by atomic mass is 16.5. The van der Waals surface area contributed by atoms with Gasteiger partial charge in [-0.25, -0.2) is 4.79 Å². The van der Waals surface area contributed by atoms with Crippen LogP contribution in [-0.2, 0) is 4.79 Å². The first kappa shape index (κ1) is 23.9. The number of carboxylic acid groups (broad SMARTS) is 1. The standard InChI is InChI=1S/C30H32N2O4/c1-20-19-32(30(35)31-26-5-3-2-4-6-26)27-16-15-25(18-28(27)36-20)24-13-11-23(12-14-24)22-9-7-21(8-10-22)17-29(33)34/h2-6,11-16,18,20-22H,7-10,17,19H2,1H3,(H,31,35)(H,33,34)/t20-,21?,22?/m0/s1. The second-order valence-electron chi connectivity index (χ2n) is 9.96. The lowest BCUT2D eigenvalue weighted by Gasteiger charge is -2.33. The Morgan fingerprint density at radius 1 is 0.944 bits per heavy atom. The minimum atomic E-state index is -0.689. The Hall–Kier alpha value is -3.80. The number of carbonyl (C=O) groups excluding carboxylic acids is 1. The normalized spacial score (nSPS) is 21.2. The Labute approximate surface area is 211 Å². The van der Waals surface area contributed by atoms with Crippen molar-refractivity contribution in [3.05, 3.63) is 78.4 Å². The van der Waals surface area contributed by atoms with Gasteiger partial charge in [-0.15, -0.1) is 0 Å². The van der Waals surface area contributed by atoms with Crippen molar-refractivity contribution in [2.45, 2.75) is 51.0 Å². The van der Waals surface area contributed by atoms with E-state index in [0.29, 0.717) is 24.1 Å². The molecule has 1 heterocycles. The van der Waals surface area contributed by atoms with Crippen molar-refractivity contribution in [1.29, 1.82) is 0 Å². The largest absolute Gasteiger partial charge is 0.487 e. The van der Waals surface area contributed by atoms with Crippen LogP contribution in [-0.4, -0.2) is 29.8 Å². The van der Waals surface area contributed by atoms with Gasteiger partial charge in [0.1, 0.15) is 11.9 Å². The van der Waals surface area contributed by atoms with E-state index in [1.54, 1.807) is 4.90 Å². The number of nitrogens with zero attached hydrogens (tertiary/aromatic N) is 1. The van der Waals surface area contributed by atoms with Gasteiger partial charge in [0.15, 0.2) is 0 Å². The van der Waals surface area contributed by atoms with Gasteiger partial charge in [-0.05, 0) is 85.4 Å². The van der Waals surface area contributed by atoms with Crippen molar-refractivity contribution < 1.29 is 19.4 Å². The molecule has 2 aliphatic rings. The minimum absolute atomic E-state index is 0.118. The molecule has 0 radical (unpaired) electrons. The predicted molar refractivity (Wildman–Crippen MR) is 142 cm³/mol. The quantitative estimate of drug-likeness (QED) is 0.412. The molecule has 0 saturated heterocycles. The van der Waals surface area contributed by atoms with E-state index in [-0.39, 0.29) is 18.6 Å². The summed E-state index contributed by atoms with van der Waals surface area (Å²) in [5, 5.41) is 12.0. The number of amides is 2. The van der Waals surface area contributed by atoms with Gasteiger partial charge < -0.3 is 15.2 Å². The van der Waals surface area contributed by atoms with Crippen LogP contribution in [0.25, 0.3) is 11.1 Å². The Kier molecular flexibility index (Phi) is 6.94. The molecule has 1 atom stereocenters. The fourth-order valence-corrected chi connectivity index (χ4v) is 5.42. The zero-order chi connectivity index (χ0) is 25.1. The zero-order valence-electron chi connectivity index (χ0n) is 20.5. The maximum Gasteiger partial charge on any atom is 0.326 e. The number of benzene rings is 3. The summed E-state index contributed by atoms with van der Waals surface area (Å²) in [6.07, 6.45) is 4.22. The molecule has 3 aromatic carbocycles. The summed E-state index contributed by atoms with van der Waals surface area (Å²) in [5.74, 6) is 0.820. The van der Waals surface area contributed by atoms with E-state index in [1.165, 1.54) is 5.56 Å². The van der Waals surface area contributed by atoms with Gasteiger partial charge >= 0.3 is 12.0 Å². The fraction of sp³-hybridized carbons (Fsp3) is 0.333. The van der Waals surface area contributed by atoms with Gasteiger partial charge in [-0.3, -0.25) is 9.69 Å². The summed E-state index contributed by atoms with van der Waals surface area (Å²) in [6.45, 7) is 2.45. The second-order valence-corrected chi connectivity index (χ2v) is 9.96. The molecule has 2 amide bonds. The number of aliphatic carboxylic acids is 1. The fourth-order valence-electron chi connectivity index (χ4n) is 5.42. The van der Waals surface area contributed by atoms with E-state index in [0.717, 1.165) is 48.2 Å². The first-order chi connectivity index (χ1) is 17.5. The number of carbonyl (C=O) groups is 2. The molecule has 0 aromatic heterocycles. The third-order valence-corrected chi connectivity index (χ3v) is 7.31. The number of nitrogens with one attached hydrogen (secondary N) is 1. The van der Waals surface area contributed by atoms with Crippen LogP contribution in [0.5, 0.6) is 5.75 Å². The molecule has 0 spiro atoms. The van der Waals surface area contributed by atoms with Crippen LogP contribution in [0.15, 0.2) is 72.8 Å². The molecular formula is C30H32N2O4. The third kappa shape index (κ3) is 5.38. The number of ether oxygens (including phenoxy) is 1. The van der Waals surface area contributed by atoms with Crippen molar-refractivity contribution in [3.63, 3.8) is 0 Å². The molecule has 36 heavy (non-hydrogen) atoms. The maximum atomic E-state index is 13.0. The number of hydrogen-bond donors (Lipinski definition) is 2. The highest BCUT2D eigenvalue weighted by Gasteiger charge is 2.28. The van der Waals surface area contributed by atoms with Gasteiger partial charge in [-0.2, -0.15) is 0 Å². The lowest BCUT2D eigenvalue weighted by Crippen LogP contribution is -2.44. The second kappa shape index (κ2) is 10.4. The van der Waals surface area contributed by atoms with Gasteiger partial charge in [0.2, 0.25) is 0 Å². The van der Waals surface area contributed by atoms with Crippen LogP contribution < -0.4 is 15.0 Å². The molecule has 0 unspecified atom stereocenters. The van der Waals surface area contributed by atoms with Crippen LogP contribution in [0.2, 0.25) is 0 Å². The minimum Gasteiger partial charge on any atom is -0.487 e. The molecule has 1 fully saturated rings. The topological polar surface area (TPSA) is 78.9 Å². The molecule has 1 aliphatic carbocycles. The average molecular weight is 485 g/mol. The van der Waals surface area contributed by atoms with Gasteiger partial charge in [-0.1, -0.05) is 48.5 Å². The molecule has 6 heteroatoms. The number of anilines is 2. The van der Waals surface area contributed by atoms with Crippen molar-refractivity contribution >= 4 is 23.4 Å². The number of carboxylic acids is 1.